The molecular formula is C56H108O8Th. The topological polar surface area (TPSA) is 161 Å². The molecule has 0 fully saturated rings. The van der Waals surface area contributed by atoms with Gasteiger partial charge in [0.15, 0.2) is 0 Å². The second-order valence-electron chi connectivity index (χ2n) is 18.6. The molecule has 0 bridgehead atoms. The van der Waals surface area contributed by atoms with Crippen molar-refractivity contribution in [3.63, 3.8) is 0 Å². The zero-order chi connectivity index (χ0) is 48.3. The maximum atomic E-state index is 10.1. The quantitative estimate of drug-likeness (QED) is 0.0544. The Morgan fingerprint density at radius 1 is 0.200 bits per heavy atom. The Kier molecular flexibility index (Phi) is 78.5. The number of carboxylic acids is 4. The van der Waals surface area contributed by atoms with Crippen LogP contribution in [0.15, 0.2) is 0 Å². The first-order valence-electron chi connectivity index (χ1n) is 27.9. The summed E-state index contributed by atoms with van der Waals surface area (Å²) in [5, 5.41) is 40.6. The summed E-state index contributed by atoms with van der Waals surface area (Å²) in [6, 6.07) is 0. The van der Waals surface area contributed by atoms with Gasteiger partial charge in [-0.3, -0.25) is 0 Å². The average molecular weight is 1140 g/mol. The van der Waals surface area contributed by atoms with E-state index in [0.717, 1.165) is 51.4 Å². The number of hydrogen-bond acceptors (Lipinski definition) is 8. The summed E-state index contributed by atoms with van der Waals surface area (Å²) in [6.45, 7) is 8.97. The summed E-state index contributed by atoms with van der Waals surface area (Å²) in [6.07, 6.45) is 56.1. The van der Waals surface area contributed by atoms with Crippen molar-refractivity contribution in [1.82, 2.24) is 0 Å². The molecule has 0 heterocycles. The van der Waals surface area contributed by atoms with Crippen LogP contribution in [0.1, 0.15) is 336 Å². The standard InChI is InChI=1S/4C14H28O2.Th/c4*1-2-3-4-5-6-7-8-9-10-11-12-13-14(15)16;/h4*2-13H2,1H3,(H,15,16);/q;;;;+4/p-4. The molecule has 0 spiro atoms. The van der Waals surface area contributed by atoms with Crippen molar-refractivity contribution < 1.29 is 79.5 Å². The molecule has 0 aromatic carbocycles. The van der Waals surface area contributed by atoms with Crippen LogP contribution in [0.25, 0.3) is 0 Å². The molecular weight excluding hydrogens is 1030 g/mol. The summed E-state index contributed by atoms with van der Waals surface area (Å²) in [5.74, 6) is -3.63. The average Bonchev–Trinajstić information content (AvgIpc) is 3.26. The fourth-order valence-corrected chi connectivity index (χ4v) is 7.73. The van der Waals surface area contributed by atoms with Gasteiger partial charge in [-0.25, -0.2) is 0 Å². The predicted octanol–water partition coefficient (Wildman–Crippen LogP) is 13.7. The third-order valence-corrected chi connectivity index (χ3v) is 11.9. The summed E-state index contributed by atoms with van der Waals surface area (Å²) >= 11 is 0. The van der Waals surface area contributed by atoms with E-state index in [1.807, 2.05) is 0 Å². The Morgan fingerprint density at radius 3 is 0.385 bits per heavy atom. The third kappa shape index (κ3) is 90.3. The molecule has 0 radical (unpaired) electrons. The minimum Gasteiger partial charge on any atom is -0.550 e. The Labute approximate surface area is 436 Å². The molecule has 0 aliphatic carbocycles. The van der Waals surface area contributed by atoms with Gasteiger partial charge in [0.2, 0.25) is 0 Å². The second-order valence-corrected chi connectivity index (χ2v) is 18.6. The molecule has 0 aromatic heterocycles. The number of unbranched alkanes of at least 4 members (excludes halogenated alkanes) is 40. The molecule has 8 nitrogen and oxygen atoms in total. The van der Waals surface area contributed by atoms with Gasteiger partial charge in [-0.1, -0.05) is 285 Å². The van der Waals surface area contributed by atoms with Crippen LogP contribution in [0, 0.1) is 39.9 Å². The van der Waals surface area contributed by atoms with E-state index < -0.39 is 23.9 Å². The van der Waals surface area contributed by atoms with E-state index >= 15 is 0 Å². The summed E-state index contributed by atoms with van der Waals surface area (Å²) in [4.78, 5) is 40.6. The van der Waals surface area contributed by atoms with Gasteiger partial charge in [-0.15, -0.1) is 0 Å². The molecule has 9 heteroatoms. The third-order valence-electron chi connectivity index (χ3n) is 11.9. The maximum Gasteiger partial charge on any atom is 4.00 e. The minimum atomic E-state index is -0.907. The number of rotatable bonds is 48. The molecule has 0 aliphatic heterocycles. The van der Waals surface area contributed by atoms with Gasteiger partial charge in [0, 0.05) is 23.9 Å². The number of carboxylic acid groups (broad SMARTS) is 4. The van der Waals surface area contributed by atoms with Crippen molar-refractivity contribution in [1.29, 1.82) is 0 Å². The zero-order valence-corrected chi connectivity index (χ0v) is 47.8. The van der Waals surface area contributed by atoms with E-state index in [9.17, 15) is 39.6 Å². The van der Waals surface area contributed by atoms with E-state index in [4.69, 9.17) is 0 Å². The monoisotopic (exact) mass is 1140 g/mol. The van der Waals surface area contributed by atoms with Crippen LogP contribution < -0.4 is 20.4 Å². The van der Waals surface area contributed by atoms with Crippen LogP contribution >= 0.6 is 0 Å². The molecule has 0 aliphatic rings. The Bertz CT molecular complexity index is 771. The molecule has 0 amide bonds. The molecule has 0 saturated heterocycles. The van der Waals surface area contributed by atoms with Crippen molar-refractivity contribution in [3.8, 4) is 0 Å². The van der Waals surface area contributed by atoms with Gasteiger partial charge >= 0.3 is 39.9 Å². The van der Waals surface area contributed by atoms with Crippen molar-refractivity contribution >= 4 is 23.9 Å². The van der Waals surface area contributed by atoms with Crippen LogP contribution in [-0.4, -0.2) is 23.9 Å². The van der Waals surface area contributed by atoms with Gasteiger partial charge in [0.25, 0.3) is 0 Å². The molecule has 0 rings (SSSR count). The number of carbonyl (C=O) groups is 4. The molecule has 0 aromatic rings. The van der Waals surface area contributed by atoms with Gasteiger partial charge in [0.1, 0.15) is 0 Å². The van der Waals surface area contributed by atoms with Crippen LogP contribution in [-0.2, 0) is 19.2 Å². The number of hydrogen-bond donors (Lipinski definition) is 0. The number of carbonyl (C=O) groups excluding carboxylic acids is 4. The van der Waals surface area contributed by atoms with Gasteiger partial charge in [-0.05, 0) is 51.4 Å². The Hall–Kier alpha value is -0.795. The van der Waals surface area contributed by atoms with Crippen LogP contribution in [0.2, 0.25) is 0 Å². The van der Waals surface area contributed by atoms with E-state index in [2.05, 4.69) is 27.7 Å². The maximum absolute atomic E-state index is 10.1. The Balaban J connectivity index is -0.000000245. The van der Waals surface area contributed by atoms with Crippen molar-refractivity contribution in [2.24, 2.45) is 0 Å². The van der Waals surface area contributed by atoms with E-state index in [1.165, 1.54) is 231 Å². The molecule has 384 valence electrons. The first-order valence-corrected chi connectivity index (χ1v) is 27.9. The van der Waals surface area contributed by atoms with Gasteiger partial charge < -0.3 is 39.6 Å². The van der Waals surface area contributed by atoms with E-state index in [-0.39, 0.29) is 65.6 Å². The fraction of sp³-hybridized carbons (Fsp3) is 0.929. The smallest absolute Gasteiger partial charge is 0.550 e. The number of aliphatic carboxylic acids is 4. The molecule has 0 saturated carbocycles. The fourth-order valence-electron chi connectivity index (χ4n) is 7.73. The molecule has 0 N–H and O–H groups in total. The molecule has 0 unspecified atom stereocenters. The van der Waals surface area contributed by atoms with Crippen LogP contribution in [0.4, 0.5) is 0 Å². The Morgan fingerprint density at radius 2 is 0.292 bits per heavy atom. The summed E-state index contributed by atoms with van der Waals surface area (Å²) < 4.78 is 0. The van der Waals surface area contributed by atoms with Gasteiger partial charge in [0.05, 0.1) is 0 Å². The summed E-state index contributed by atoms with van der Waals surface area (Å²) in [5.41, 5.74) is 0. The van der Waals surface area contributed by atoms with Crippen molar-refractivity contribution in [3.05, 3.63) is 0 Å². The zero-order valence-electron chi connectivity index (χ0n) is 43.7. The van der Waals surface area contributed by atoms with E-state index in [0.29, 0.717) is 0 Å². The van der Waals surface area contributed by atoms with E-state index in [1.54, 1.807) is 0 Å². The first-order chi connectivity index (χ1) is 31.1. The van der Waals surface area contributed by atoms with Crippen molar-refractivity contribution in [2.75, 3.05) is 0 Å². The van der Waals surface area contributed by atoms with Crippen LogP contribution in [0.5, 0.6) is 0 Å². The first kappa shape index (κ1) is 73.2. The predicted molar refractivity (Wildman–Crippen MR) is 264 cm³/mol. The van der Waals surface area contributed by atoms with Crippen molar-refractivity contribution in [2.45, 2.75) is 336 Å². The second kappa shape index (κ2) is 69.8. The normalized spacial score (nSPS) is 10.4. The largest absolute Gasteiger partial charge is 4.00 e. The SMILES string of the molecule is CCCCCCCCCCCCCC(=O)[O-].CCCCCCCCCCCCCC(=O)[O-].CCCCCCCCCCCCCC(=O)[O-].CCCCCCCCCCCCCC(=O)[O-].[Th+4]. The molecule has 0 atom stereocenters. The summed E-state index contributed by atoms with van der Waals surface area (Å²) in [7, 11) is 0. The van der Waals surface area contributed by atoms with Crippen LogP contribution in [0.3, 0.4) is 0 Å². The minimum absolute atomic E-state index is 0. The molecule has 65 heavy (non-hydrogen) atoms. The van der Waals surface area contributed by atoms with Gasteiger partial charge in [-0.2, -0.15) is 0 Å².